The van der Waals surface area contributed by atoms with E-state index < -0.39 is 6.29 Å². The van der Waals surface area contributed by atoms with Crippen LogP contribution >= 0.6 is 0 Å². The minimum Gasteiger partial charge on any atom is -0.493 e. The Morgan fingerprint density at radius 1 is 0.792 bits per heavy atom. The van der Waals surface area contributed by atoms with E-state index in [2.05, 4.69) is 24.0 Å². The fourth-order valence-electron chi connectivity index (χ4n) is 7.03. The Morgan fingerprint density at radius 3 is 2.02 bits per heavy atom. The molecule has 4 aromatic rings. The third-order valence-electron chi connectivity index (χ3n) is 9.83. The number of rotatable bonds is 9. The van der Waals surface area contributed by atoms with Crippen molar-refractivity contribution in [3.8, 4) is 11.5 Å². The molecule has 2 amide bonds. The Kier molecular flexibility index (Phi) is 9.02. The van der Waals surface area contributed by atoms with Crippen molar-refractivity contribution >= 4 is 11.8 Å². The molecule has 3 aliphatic heterocycles. The van der Waals surface area contributed by atoms with Crippen LogP contribution in [0.15, 0.2) is 84.9 Å². The number of fused-ring (bicyclic) bond motifs is 2. The van der Waals surface area contributed by atoms with Crippen LogP contribution < -0.4 is 9.47 Å². The number of imide groups is 1. The maximum atomic E-state index is 12.9. The molecule has 1 saturated heterocycles. The first-order valence-electron chi connectivity index (χ1n) is 16.4. The number of nitrogens with zero attached hydrogens (tertiary/aromatic N) is 2. The molecule has 0 bridgehead atoms. The minimum absolute atomic E-state index is 0.0180. The Labute approximate surface area is 280 Å². The van der Waals surface area contributed by atoms with E-state index in [1.807, 2.05) is 48.5 Å². The average molecular weight is 649 g/mol. The minimum atomic E-state index is -0.622. The van der Waals surface area contributed by atoms with E-state index in [-0.39, 0.29) is 43.1 Å². The molecule has 1 fully saturated rings. The summed E-state index contributed by atoms with van der Waals surface area (Å²) in [4.78, 5) is 29.6. The molecular weight excluding hydrogens is 608 g/mol. The zero-order valence-electron chi connectivity index (χ0n) is 27.4. The first-order chi connectivity index (χ1) is 23.4. The standard InChI is InChI=1S/C39H40N2O7/c1-24-35(22-40-17-16-29-18-33(45-2)34(46-3)19-30(29)21-40)47-39(48-36(24)27-12-10-26(23-42)11-13-27)28-14-8-25(9-15-28)20-41-37(43)31-6-4-5-7-32(31)38(41)44/h4-15,18-19,24,35-36,39,42H,16-17,20-23H2,1-3H3. The van der Waals surface area contributed by atoms with Gasteiger partial charge in [-0.2, -0.15) is 0 Å². The van der Waals surface area contributed by atoms with Crippen molar-refractivity contribution in [1.82, 2.24) is 9.80 Å². The summed E-state index contributed by atoms with van der Waals surface area (Å²) >= 11 is 0. The molecule has 1 N–H and O–H groups in total. The number of carbonyl (C=O) groups excluding carboxylic acids is 2. The molecule has 0 spiro atoms. The quantitative estimate of drug-likeness (QED) is 0.226. The highest BCUT2D eigenvalue weighted by molar-refractivity contribution is 6.21. The SMILES string of the molecule is COc1cc2c(cc1OC)CN(CC1OC(c3ccc(CN4C(=O)c5ccccc5C4=O)cc3)OC(c3ccc(CO)cc3)C1C)CC2. The van der Waals surface area contributed by atoms with Crippen molar-refractivity contribution in [3.05, 3.63) is 129 Å². The molecule has 48 heavy (non-hydrogen) atoms. The monoisotopic (exact) mass is 648 g/mol. The normalized spacial score (nSPS) is 22.4. The molecule has 9 nitrogen and oxygen atoms in total. The van der Waals surface area contributed by atoms with E-state index in [0.29, 0.717) is 11.1 Å². The molecule has 4 aromatic carbocycles. The molecule has 4 unspecified atom stereocenters. The molecule has 3 aliphatic rings. The largest absolute Gasteiger partial charge is 0.493 e. The Morgan fingerprint density at radius 2 is 1.40 bits per heavy atom. The summed E-state index contributed by atoms with van der Waals surface area (Å²) in [6, 6.07) is 26.7. The maximum Gasteiger partial charge on any atom is 0.261 e. The molecule has 248 valence electrons. The molecule has 4 atom stereocenters. The number of benzene rings is 4. The number of methoxy groups -OCH3 is 2. The first kappa shape index (κ1) is 32.0. The highest BCUT2D eigenvalue weighted by atomic mass is 16.7. The van der Waals surface area contributed by atoms with Crippen LogP contribution in [-0.2, 0) is 35.6 Å². The second-order valence-corrected chi connectivity index (χ2v) is 12.8. The number of hydrogen-bond donors (Lipinski definition) is 1. The van der Waals surface area contributed by atoms with Gasteiger partial charge in [-0.15, -0.1) is 0 Å². The fraction of sp³-hybridized carbons (Fsp3) is 0.333. The zero-order valence-corrected chi connectivity index (χ0v) is 27.4. The number of ether oxygens (including phenoxy) is 4. The smallest absolute Gasteiger partial charge is 0.261 e. The summed E-state index contributed by atoms with van der Waals surface area (Å²) < 4.78 is 24.5. The van der Waals surface area contributed by atoms with Crippen LogP contribution in [0.4, 0.5) is 0 Å². The van der Waals surface area contributed by atoms with Crippen LogP contribution in [0.25, 0.3) is 0 Å². The highest BCUT2D eigenvalue weighted by Gasteiger charge is 2.40. The van der Waals surface area contributed by atoms with Gasteiger partial charge in [0.1, 0.15) is 0 Å². The van der Waals surface area contributed by atoms with Crippen LogP contribution in [0.2, 0.25) is 0 Å². The van der Waals surface area contributed by atoms with Crippen molar-refractivity contribution in [2.45, 2.75) is 51.5 Å². The molecule has 3 heterocycles. The third kappa shape index (κ3) is 6.10. The van der Waals surface area contributed by atoms with Gasteiger partial charge in [0.25, 0.3) is 11.8 Å². The lowest BCUT2D eigenvalue weighted by Gasteiger charge is -2.43. The Hall–Kier alpha value is -4.54. The molecule has 9 heteroatoms. The lowest BCUT2D eigenvalue weighted by atomic mass is 9.89. The van der Waals surface area contributed by atoms with E-state index in [1.165, 1.54) is 16.0 Å². The van der Waals surface area contributed by atoms with Crippen molar-refractivity contribution in [2.75, 3.05) is 27.3 Å². The van der Waals surface area contributed by atoms with Gasteiger partial charge in [0.05, 0.1) is 50.7 Å². The van der Waals surface area contributed by atoms with E-state index in [9.17, 15) is 14.7 Å². The maximum absolute atomic E-state index is 12.9. The molecule has 0 aromatic heterocycles. The predicted molar refractivity (Wildman–Crippen MR) is 179 cm³/mol. The van der Waals surface area contributed by atoms with E-state index in [4.69, 9.17) is 18.9 Å². The first-order valence-corrected chi connectivity index (χ1v) is 16.4. The number of aliphatic hydroxyl groups excluding tert-OH is 1. The second-order valence-electron chi connectivity index (χ2n) is 12.8. The van der Waals surface area contributed by atoms with E-state index >= 15 is 0 Å². The van der Waals surface area contributed by atoms with Crippen molar-refractivity contribution in [2.24, 2.45) is 5.92 Å². The number of aliphatic hydroxyl groups is 1. The van der Waals surface area contributed by atoms with Gasteiger partial charge in [-0.3, -0.25) is 19.4 Å². The summed E-state index contributed by atoms with van der Waals surface area (Å²) in [7, 11) is 3.32. The molecule has 0 saturated carbocycles. The summed E-state index contributed by atoms with van der Waals surface area (Å²) in [6.45, 7) is 4.72. The van der Waals surface area contributed by atoms with Crippen LogP contribution in [0.3, 0.4) is 0 Å². The Bertz CT molecular complexity index is 1770. The zero-order chi connectivity index (χ0) is 33.4. The average Bonchev–Trinajstić information content (AvgIpc) is 3.36. The van der Waals surface area contributed by atoms with Crippen LogP contribution in [0, 0.1) is 5.92 Å². The van der Waals surface area contributed by atoms with Crippen molar-refractivity contribution in [1.29, 1.82) is 0 Å². The highest BCUT2D eigenvalue weighted by Crippen LogP contribution is 2.42. The van der Waals surface area contributed by atoms with Gasteiger partial charge >= 0.3 is 0 Å². The summed E-state index contributed by atoms with van der Waals surface area (Å²) in [6.07, 6.45) is -0.0902. The van der Waals surface area contributed by atoms with Crippen LogP contribution in [0.5, 0.6) is 11.5 Å². The van der Waals surface area contributed by atoms with Gasteiger partial charge in [0, 0.05) is 31.1 Å². The third-order valence-corrected chi connectivity index (χ3v) is 9.83. The van der Waals surface area contributed by atoms with Gasteiger partial charge in [-0.25, -0.2) is 0 Å². The van der Waals surface area contributed by atoms with Gasteiger partial charge < -0.3 is 24.1 Å². The van der Waals surface area contributed by atoms with Gasteiger partial charge in [-0.05, 0) is 58.5 Å². The lowest BCUT2D eigenvalue weighted by molar-refractivity contribution is -0.276. The Balaban J connectivity index is 1.11. The molecule has 0 radical (unpaired) electrons. The predicted octanol–water partition coefficient (Wildman–Crippen LogP) is 5.84. The summed E-state index contributed by atoms with van der Waals surface area (Å²) in [5.74, 6) is 0.971. The molecular formula is C39H40N2O7. The lowest BCUT2D eigenvalue weighted by Crippen LogP contribution is -2.45. The summed E-state index contributed by atoms with van der Waals surface area (Å²) in [5, 5.41) is 9.61. The van der Waals surface area contributed by atoms with Crippen molar-refractivity contribution in [3.63, 3.8) is 0 Å². The molecule has 0 aliphatic carbocycles. The van der Waals surface area contributed by atoms with Gasteiger partial charge in [-0.1, -0.05) is 67.6 Å². The van der Waals surface area contributed by atoms with Gasteiger partial charge in [0.15, 0.2) is 17.8 Å². The van der Waals surface area contributed by atoms with Crippen LogP contribution in [0.1, 0.15) is 73.4 Å². The van der Waals surface area contributed by atoms with Crippen molar-refractivity contribution < 1.29 is 33.6 Å². The fourth-order valence-corrected chi connectivity index (χ4v) is 7.03. The van der Waals surface area contributed by atoms with Crippen LogP contribution in [-0.4, -0.2) is 60.1 Å². The topological polar surface area (TPSA) is 97.8 Å². The summed E-state index contributed by atoms with van der Waals surface area (Å²) in [5.41, 5.74) is 6.95. The van der Waals surface area contributed by atoms with Gasteiger partial charge in [0.2, 0.25) is 0 Å². The molecule has 7 rings (SSSR count). The second kappa shape index (κ2) is 13.5. The van der Waals surface area contributed by atoms with E-state index in [0.717, 1.165) is 59.8 Å². The number of amides is 2. The number of carbonyl (C=O) groups is 2. The van der Waals surface area contributed by atoms with E-state index in [1.54, 1.807) is 38.5 Å². The number of hydrogen-bond acceptors (Lipinski definition) is 8.